The number of H-pyrrole nitrogens is 1. The van der Waals surface area contributed by atoms with E-state index in [0.717, 1.165) is 17.8 Å². The number of hydrogen-bond acceptors (Lipinski definition) is 6. The Morgan fingerprint density at radius 1 is 1.25 bits per heavy atom. The number of amides is 1. The maximum atomic E-state index is 13.7. The molecule has 0 aliphatic heterocycles. The Hall–Kier alpha value is -2.98. The molecule has 0 fully saturated rings. The smallest absolute Gasteiger partial charge is 0.240 e. The SMILES string of the molecule is O=C(CSc1n[nH]c(N/N=C/c2ccc(F)cc2)n1)Nc1ccc(Cl)cc1F. The molecule has 0 unspecified atom stereocenters. The quantitative estimate of drug-likeness (QED) is 0.305. The van der Waals surface area contributed by atoms with Gasteiger partial charge in [0.1, 0.15) is 11.6 Å². The Morgan fingerprint density at radius 3 is 2.79 bits per heavy atom. The van der Waals surface area contributed by atoms with Crippen LogP contribution in [0.25, 0.3) is 0 Å². The van der Waals surface area contributed by atoms with E-state index < -0.39 is 11.7 Å². The molecule has 0 aliphatic carbocycles. The van der Waals surface area contributed by atoms with Crippen molar-refractivity contribution in [2.24, 2.45) is 5.10 Å². The van der Waals surface area contributed by atoms with Crippen molar-refractivity contribution in [2.75, 3.05) is 16.5 Å². The van der Waals surface area contributed by atoms with Gasteiger partial charge in [-0.05, 0) is 35.9 Å². The first-order valence-corrected chi connectivity index (χ1v) is 9.21. The lowest BCUT2D eigenvalue weighted by atomic mass is 10.2. The Kier molecular flexibility index (Phi) is 6.56. The lowest BCUT2D eigenvalue weighted by Gasteiger charge is -2.05. The highest BCUT2D eigenvalue weighted by atomic mass is 35.5. The zero-order valence-corrected chi connectivity index (χ0v) is 15.7. The van der Waals surface area contributed by atoms with Crippen LogP contribution in [0.2, 0.25) is 5.02 Å². The van der Waals surface area contributed by atoms with Gasteiger partial charge in [-0.1, -0.05) is 35.5 Å². The zero-order chi connectivity index (χ0) is 19.9. The minimum absolute atomic E-state index is 0.0157. The first-order chi connectivity index (χ1) is 13.5. The summed E-state index contributed by atoms with van der Waals surface area (Å²) < 4.78 is 26.5. The highest BCUT2D eigenvalue weighted by molar-refractivity contribution is 7.99. The molecule has 0 saturated carbocycles. The van der Waals surface area contributed by atoms with Gasteiger partial charge < -0.3 is 5.32 Å². The maximum Gasteiger partial charge on any atom is 0.240 e. The van der Waals surface area contributed by atoms with Crippen LogP contribution in [0.3, 0.4) is 0 Å². The summed E-state index contributed by atoms with van der Waals surface area (Å²) >= 11 is 6.73. The average Bonchev–Trinajstić information content (AvgIpc) is 3.12. The third kappa shape index (κ3) is 5.76. The van der Waals surface area contributed by atoms with Crippen LogP contribution in [0.5, 0.6) is 0 Å². The number of aromatic nitrogens is 3. The van der Waals surface area contributed by atoms with Crippen molar-refractivity contribution in [3.05, 3.63) is 64.7 Å². The number of carbonyl (C=O) groups is 1. The minimum atomic E-state index is -0.616. The Labute approximate surface area is 167 Å². The van der Waals surface area contributed by atoms with Gasteiger partial charge in [-0.25, -0.2) is 19.3 Å². The summed E-state index contributed by atoms with van der Waals surface area (Å²) in [4.78, 5) is 16.0. The number of hydrazone groups is 1. The summed E-state index contributed by atoms with van der Waals surface area (Å²) in [5.74, 6) is -1.11. The molecule has 0 spiro atoms. The van der Waals surface area contributed by atoms with Gasteiger partial charge in [0.2, 0.25) is 17.0 Å². The standard InChI is InChI=1S/C17H13ClF2N6OS/c18-11-3-6-14(13(20)7-11)22-15(27)9-28-17-23-16(25-26-17)24-21-8-10-1-4-12(19)5-2-10/h1-8H,9H2,(H,22,27)(H2,23,24,25,26)/b21-8+. The maximum absolute atomic E-state index is 13.7. The molecule has 0 atom stereocenters. The second-order valence-electron chi connectivity index (χ2n) is 5.35. The highest BCUT2D eigenvalue weighted by Crippen LogP contribution is 2.20. The van der Waals surface area contributed by atoms with E-state index in [2.05, 4.69) is 31.0 Å². The molecule has 0 aliphatic rings. The molecule has 7 nitrogen and oxygen atoms in total. The Bertz CT molecular complexity index is 996. The fourth-order valence-corrected chi connectivity index (χ4v) is 2.74. The van der Waals surface area contributed by atoms with E-state index in [1.165, 1.54) is 30.5 Å². The normalized spacial score (nSPS) is 11.0. The van der Waals surface area contributed by atoms with Crippen LogP contribution in [0, 0.1) is 11.6 Å². The van der Waals surface area contributed by atoms with Gasteiger partial charge in [-0.3, -0.25) is 4.79 Å². The van der Waals surface area contributed by atoms with E-state index in [-0.39, 0.29) is 28.2 Å². The molecule has 3 aromatic rings. The number of thioether (sulfide) groups is 1. The third-order valence-electron chi connectivity index (χ3n) is 3.26. The second-order valence-corrected chi connectivity index (χ2v) is 6.73. The molecule has 1 aromatic heterocycles. The van der Waals surface area contributed by atoms with E-state index in [4.69, 9.17) is 11.6 Å². The predicted molar refractivity (Wildman–Crippen MR) is 105 cm³/mol. The highest BCUT2D eigenvalue weighted by Gasteiger charge is 2.10. The molecular formula is C17H13ClF2N6OS. The molecule has 3 N–H and O–H groups in total. The predicted octanol–water partition coefficient (Wildman–Crippen LogP) is 3.91. The van der Waals surface area contributed by atoms with Crippen molar-refractivity contribution in [2.45, 2.75) is 5.16 Å². The van der Waals surface area contributed by atoms with Crippen molar-refractivity contribution in [3.63, 3.8) is 0 Å². The number of nitrogens with one attached hydrogen (secondary N) is 3. The number of rotatable bonds is 7. The van der Waals surface area contributed by atoms with E-state index >= 15 is 0 Å². The van der Waals surface area contributed by atoms with Crippen LogP contribution in [0.1, 0.15) is 5.56 Å². The van der Waals surface area contributed by atoms with Gasteiger partial charge in [0.05, 0.1) is 17.7 Å². The number of anilines is 2. The Balaban J connectivity index is 1.47. The van der Waals surface area contributed by atoms with Gasteiger partial charge in [-0.2, -0.15) is 10.1 Å². The molecular weight excluding hydrogens is 410 g/mol. The molecule has 3 rings (SSSR count). The lowest BCUT2D eigenvalue weighted by Crippen LogP contribution is -2.15. The molecule has 1 heterocycles. The van der Waals surface area contributed by atoms with Crippen molar-refractivity contribution in [1.82, 2.24) is 15.2 Å². The largest absolute Gasteiger partial charge is 0.323 e. The van der Waals surface area contributed by atoms with Gasteiger partial charge in [-0.15, -0.1) is 5.10 Å². The number of halogens is 3. The summed E-state index contributed by atoms with van der Waals surface area (Å²) in [6, 6.07) is 9.77. The van der Waals surface area contributed by atoms with E-state index in [1.807, 2.05) is 0 Å². The molecule has 1 amide bonds. The molecule has 11 heteroatoms. The fourth-order valence-electron chi connectivity index (χ4n) is 1.99. The van der Waals surface area contributed by atoms with Crippen molar-refractivity contribution < 1.29 is 13.6 Å². The monoisotopic (exact) mass is 422 g/mol. The first kappa shape index (κ1) is 19.8. The number of benzene rings is 2. The van der Waals surface area contributed by atoms with Gasteiger partial charge in [0, 0.05) is 5.02 Å². The van der Waals surface area contributed by atoms with E-state index in [9.17, 15) is 13.6 Å². The first-order valence-electron chi connectivity index (χ1n) is 7.84. The molecule has 2 aromatic carbocycles. The molecule has 28 heavy (non-hydrogen) atoms. The van der Waals surface area contributed by atoms with Gasteiger partial charge in [0.25, 0.3) is 0 Å². The number of carbonyl (C=O) groups excluding carboxylic acids is 1. The number of nitrogens with zero attached hydrogens (tertiary/aromatic N) is 3. The minimum Gasteiger partial charge on any atom is -0.323 e. The van der Waals surface area contributed by atoms with Gasteiger partial charge in [0.15, 0.2) is 0 Å². The van der Waals surface area contributed by atoms with E-state index in [1.54, 1.807) is 12.1 Å². The molecule has 0 bridgehead atoms. The van der Waals surface area contributed by atoms with Crippen molar-refractivity contribution in [1.29, 1.82) is 0 Å². The summed E-state index contributed by atoms with van der Waals surface area (Å²) in [5, 5.41) is 13.5. The van der Waals surface area contributed by atoms with Gasteiger partial charge >= 0.3 is 0 Å². The van der Waals surface area contributed by atoms with E-state index in [0.29, 0.717) is 10.7 Å². The average molecular weight is 423 g/mol. The van der Waals surface area contributed by atoms with Crippen LogP contribution >= 0.6 is 23.4 Å². The third-order valence-corrected chi connectivity index (χ3v) is 4.34. The van der Waals surface area contributed by atoms with Crippen molar-refractivity contribution >= 4 is 47.1 Å². The zero-order valence-electron chi connectivity index (χ0n) is 14.1. The Morgan fingerprint density at radius 2 is 2.04 bits per heavy atom. The van der Waals surface area contributed by atoms with Crippen LogP contribution in [-0.4, -0.2) is 33.1 Å². The van der Waals surface area contributed by atoms with Crippen LogP contribution in [0.4, 0.5) is 20.4 Å². The molecule has 0 radical (unpaired) electrons. The summed E-state index contributed by atoms with van der Waals surface area (Å²) in [7, 11) is 0. The molecule has 0 saturated heterocycles. The lowest BCUT2D eigenvalue weighted by molar-refractivity contribution is -0.113. The number of hydrogen-bond donors (Lipinski definition) is 3. The number of aromatic amines is 1. The van der Waals surface area contributed by atoms with Crippen LogP contribution < -0.4 is 10.7 Å². The fraction of sp³-hybridized carbons (Fsp3) is 0.0588. The van der Waals surface area contributed by atoms with Crippen molar-refractivity contribution in [3.8, 4) is 0 Å². The van der Waals surface area contributed by atoms with Crippen LogP contribution in [-0.2, 0) is 4.79 Å². The topological polar surface area (TPSA) is 95.1 Å². The molecule has 144 valence electrons. The summed E-state index contributed by atoms with van der Waals surface area (Å²) in [6.45, 7) is 0. The summed E-state index contributed by atoms with van der Waals surface area (Å²) in [6.07, 6.45) is 1.49. The summed E-state index contributed by atoms with van der Waals surface area (Å²) in [5.41, 5.74) is 3.39. The second kappa shape index (κ2) is 9.29. The van der Waals surface area contributed by atoms with Crippen LogP contribution in [0.15, 0.2) is 52.7 Å².